The average Bonchev–Trinajstić information content (AvgIpc) is 2.47. The second-order valence-corrected chi connectivity index (χ2v) is 3.61. The number of hydrogen-bond acceptors (Lipinski definition) is 2. The number of imidazole rings is 1. The Balaban J connectivity index is 2.87. The van der Waals surface area contributed by atoms with Crippen LogP contribution >= 0.6 is 27.5 Å². The summed E-state index contributed by atoms with van der Waals surface area (Å²) in [6.45, 7) is 0. The van der Waals surface area contributed by atoms with E-state index in [0.717, 1.165) is 5.52 Å². The zero-order valence-electron chi connectivity index (χ0n) is 6.31. The van der Waals surface area contributed by atoms with Crippen LogP contribution in [0.1, 0.15) is 5.56 Å². The Morgan fingerprint density at radius 1 is 1.54 bits per heavy atom. The van der Waals surface area contributed by atoms with Crippen molar-refractivity contribution < 1.29 is 0 Å². The molecule has 1 N–H and O–H groups in total. The third kappa shape index (κ3) is 1.30. The van der Waals surface area contributed by atoms with Gasteiger partial charge in [0.1, 0.15) is 11.6 Å². The molecule has 1 aromatic heterocycles. The lowest BCUT2D eigenvalue weighted by Crippen LogP contribution is -1.78. The molecule has 0 spiro atoms. The highest BCUT2D eigenvalue weighted by Gasteiger charge is 2.08. The van der Waals surface area contributed by atoms with Crippen molar-refractivity contribution in [3.05, 3.63) is 27.5 Å². The van der Waals surface area contributed by atoms with Crippen LogP contribution in [0.5, 0.6) is 0 Å². The molecule has 0 atom stereocenters. The lowest BCUT2D eigenvalue weighted by molar-refractivity contribution is 1.34. The number of aromatic nitrogens is 2. The Labute approximate surface area is 87.5 Å². The van der Waals surface area contributed by atoms with Crippen molar-refractivity contribution in [3.63, 3.8) is 0 Å². The van der Waals surface area contributed by atoms with Gasteiger partial charge in [-0.2, -0.15) is 5.26 Å². The minimum atomic E-state index is 0.325. The highest BCUT2D eigenvalue weighted by atomic mass is 79.9. The molecule has 0 saturated carbocycles. The van der Waals surface area contributed by atoms with E-state index in [0.29, 0.717) is 20.8 Å². The maximum Gasteiger partial charge on any atom is 0.201 e. The molecular weight excluding hydrogens is 253 g/mol. The van der Waals surface area contributed by atoms with E-state index in [9.17, 15) is 0 Å². The van der Waals surface area contributed by atoms with E-state index >= 15 is 0 Å². The van der Waals surface area contributed by atoms with Crippen LogP contribution in [0.15, 0.2) is 16.6 Å². The summed E-state index contributed by atoms with van der Waals surface area (Å²) >= 11 is 8.97. The normalized spacial score (nSPS) is 10.2. The van der Waals surface area contributed by atoms with Crippen molar-refractivity contribution in [2.24, 2.45) is 0 Å². The fraction of sp³-hybridized carbons (Fsp3) is 0. The van der Waals surface area contributed by atoms with Crippen LogP contribution in [0.4, 0.5) is 0 Å². The summed E-state index contributed by atoms with van der Waals surface area (Å²) in [6.07, 6.45) is 0. The highest BCUT2D eigenvalue weighted by molar-refractivity contribution is 9.10. The van der Waals surface area contributed by atoms with Crippen LogP contribution in [0.25, 0.3) is 11.0 Å². The van der Waals surface area contributed by atoms with Gasteiger partial charge in [-0.3, -0.25) is 0 Å². The minimum Gasteiger partial charge on any atom is -0.329 e. The first-order valence-corrected chi connectivity index (χ1v) is 4.63. The van der Waals surface area contributed by atoms with Crippen molar-refractivity contribution >= 4 is 38.6 Å². The number of benzene rings is 1. The maximum atomic E-state index is 8.73. The van der Waals surface area contributed by atoms with Crippen LogP contribution in [-0.2, 0) is 0 Å². The fourth-order valence-electron chi connectivity index (χ4n) is 1.10. The molecule has 13 heavy (non-hydrogen) atoms. The first-order chi connectivity index (χ1) is 6.22. The molecule has 0 aliphatic heterocycles. The predicted octanol–water partition coefficient (Wildman–Crippen LogP) is 2.85. The van der Waals surface area contributed by atoms with Gasteiger partial charge in [0.05, 0.1) is 15.6 Å². The number of nitrogens with one attached hydrogen (secondary N) is 1. The summed E-state index contributed by atoms with van der Waals surface area (Å²) < 4.78 is 0.677. The van der Waals surface area contributed by atoms with E-state index in [1.54, 1.807) is 12.1 Å². The van der Waals surface area contributed by atoms with Gasteiger partial charge in [-0.15, -0.1) is 0 Å². The van der Waals surface area contributed by atoms with Gasteiger partial charge in [-0.25, -0.2) is 4.98 Å². The largest absolute Gasteiger partial charge is 0.329 e. The lowest BCUT2D eigenvalue weighted by Gasteiger charge is -1.93. The molecule has 64 valence electrons. The van der Waals surface area contributed by atoms with E-state index < -0.39 is 0 Å². The molecule has 0 aliphatic rings. The zero-order chi connectivity index (χ0) is 9.42. The molecule has 0 aliphatic carbocycles. The van der Waals surface area contributed by atoms with Crippen LogP contribution < -0.4 is 0 Å². The van der Waals surface area contributed by atoms with Gasteiger partial charge >= 0.3 is 0 Å². The number of rotatable bonds is 0. The van der Waals surface area contributed by atoms with Gasteiger partial charge in [0.25, 0.3) is 0 Å². The van der Waals surface area contributed by atoms with E-state index in [2.05, 4.69) is 32.0 Å². The van der Waals surface area contributed by atoms with Crippen molar-refractivity contribution in [2.45, 2.75) is 0 Å². The fourth-order valence-corrected chi connectivity index (χ4v) is 1.81. The molecule has 0 fully saturated rings. The van der Waals surface area contributed by atoms with Crippen molar-refractivity contribution in [1.29, 1.82) is 5.26 Å². The number of aromatic amines is 1. The third-order valence-corrected chi connectivity index (χ3v) is 2.67. The third-order valence-electron chi connectivity index (χ3n) is 1.68. The molecule has 1 aromatic carbocycles. The number of H-pyrrole nitrogens is 1. The molecule has 0 amide bonds. The van der Waals surface area contributed by atoms with Crippen LogP contribution in [0, 0.1) is 11.3 Å². The van der Waals surface area contributed by atoms with E-state index in [-0.39, 0.29) is 0 Å². The molecule has 0 saturated heterocycles. The van der Waals surface area contributed by atoms with Crippen LogP contribution in [0.2, 0.25) is 5.28 Å². The van der Waals surface area contributed by atoms with E-state index in [1.807, 2.05) is 0 Å². The first kappa shape index (κ1) is 8.54. The Hall–Kier alpha value is -1.05. The molecule has 0 unspecified atom stereocenters. The number of nitriles is 1. The van der Waals surface area contributed by atoms with Gasteiger partial charge < -0.3 is 4.98 Å². The SMILES string of the molecule is N#Cc1ccc2[nH]c(Cl)nc2c1Br. The maximum absolute atomic E-state index is 8.73. The second kappa shape index (κ2) is 3.02. The minimum absolute atomic E-state index is 0.325. The van der Waals surface area contributed by atoms with Crippen LogP contribution in [-0.4, -0.2) is 9.97 Å². The topological polar surface area (TPSA) is 52.5 Å². The van der Waals surface area contributed by atoms with Crippen molar-refractivity contribution in [3.8, 4) is 6.07 Å². The highest BCUT2D eigenvalue weighted by Crippen LogP contribution is 2.26. The number of hydrogen-bond donors (Lipinski definition) is 1. The average molecular weight is 256 g/mol. The monoisotopic (exact) mass is 255 g/mol. The molecule has 5 heteroatoms. The van der Waals surface area contributed by atoms with Gasteiger partial charge in [0, 0.05) is 0 Å². The molecule has 1 heterocycles. The lowest BCUT2D eigenvalue weighted by atomic mass is 10.2. The Morgan fingerprint density at radius 3 is 3.00 bits per heavy atom. The summed E-state index contributed by atoms with van der Waals surface area (Å²) in [6, 6.07) is 5.54. The van der Waals surface area contributed by atoms with E-state index in [1.165, 1.54) is 0 Å². The molecule has 0 bridgehead atoms. The Morgan fingerprint density at radius 2 is 2.31 bits per heavy atom. The Bertz CT molecular complexity index is 512. The summed E-state index contributed by atoms with van der Waals surface area (Å²) in [5.74, 6) is 0. The van der Waals surface area contributed by atoms with Gasteiger partial charge in [0.2, 0.25) is 5.28 Å². The summed E-state index contributed by atoms with van der Waals surface area (Å²) in [7, 11) is 0. The summed E-state index contributed by atoms with van der Waals surface area (Å²) in [5.41, 5.74) is 2.05. The zero-order valence-corrected chi connectivity index (χ0v) is 8.65. The van der Waals surface area contributed by atoms with Gasteiger partial charge in [-0.05, 0) is 39.7 Å². The molecule has 2 aromatic rings. The standard InChI is InChI=1S/C8H3BrClN3/c9-6-4(3-11)1-2-5-7(6)13-8(10)12-5/h1-2H,(H,12,13). The first-order valence-electron chi connectivity index (χ1n) is 3.46. The molecule has 3 nitrogen and oxygen atoms in total. The summed E-state index contributed by atoms with van der Waals surface area (Å²) in [4.78, 5) is 6.90. The molecule has 0 radical (unpaired) electrons. The number of fused-ring (bicyclic) bond motifs is 1. The van der Waals surface area contributed by atoms with Crippen LogP contribution in [0.3, 0.4) is 0 Å². The second-order valence-electron chi connectivity index (χ2n) is 2.46. The van der Waals surface area contributed by atoms with Crippen molar-refractivity contribution in [2.75, 3.05) is 0 Å². The van der Waals surface area contributed by atoms with Crippen molar-refractivity contribution in [1.82, 2.24) is 9.97 Å². The summed E-state index contributed by atoms with van der Waals surface area (Å²) in [5, 5.41) is 9.06. The number of nitrogens with zero attached hydrogens (tertiary/aromatic N) is 2. The number of halogens is 2. The molecule has 2 rings (SSSR count). The van der Waals surface area contributed by atoms with Gasteiger partial charge in [0.15, 0.2) is 0 Å². The smallest absolute Gasteiger partial charge is 0.201 e. The molecular formula is C8H3BrClN3. The Kier molecular flexibility index (Phi) is 1.98. The predicted molar refractivity (Wildman–Crippen MR) is 53.5 cm³/mol. The van der Waals surface area contributed by atoms with E-state index in [4.69, 9.17) is 16.9 Å². The quantitative estimate of drug-likeness (QED) is 0.788. The van der Waals surface area contributed by atoms with Gasteiger partial charge in [-0.1, -0.05) is 0 Å².